The smallest absolute Gasteiger partial charge is 0.293 e. The summed E-state index contributed by atoms with van der Waals surface area (Å²) < 4.78 is 5.47. The van der Waals surface area contributed by atoms with Gasteiger partial charge in [-0.2, -0.15) is 0 Å². The van der Waals surface area contributed by atoms with Crippen LogP contribution in [-0.2, 0) is 0 Å². The quantitative estimate of drug-likeness (QED) is 0.402. The second-order valence-electron chi connectivity index (χ2n) is 5.56. The Morgan fingerprint density at radius 3 is 2.74 bits per heavy atom. The lowest BCUT2D eigenvalue weighted by molar-refractivity contribution is -0.384. The first kappa shape index (κ1) is 18.2. The van der Waals surface area contributed by atoms with Gasteiger partial charge in [0.15, 0.2) is 10.9 Å². The molecule has 0 atom stereocenters. The third kappa shape index (κ3) is 4.33. The summed E-state index contributed by atoms with van der Waals surface area (Å²) in [6, 6.07) is 12.7. The van der Waals surface area contributed by atoms with Gasteiger partial charge in [0.1, 0.15) is 11.6 Å². The normalized spacial score (nSPS) is 10.3. The molecule has 2 N–H and O–H groups in total. The van der Waals surface area contributed by atoms with E-state index >= 15 is 0 Å². The van der Waals surface area contributed by atoms with E-state index in [-0.39, 0.29) is 27.9 Å². The number of para-hydroxylation sites is 1. The zero-order valence-corrected chi connectivity index (χ0v) is 14.9. The predicted octanol–water partition coefficient (Wildman–Crippen LogP) is 3.69. The molecular formula is C18H14N4O4S. The van der Waals surface area contributed by atoms with Crippen molar-refractivity contribution in [3.8, 4) is 11.3 Å². The number of hydrogen-bond acceptors (Lipinski definition) is 6. The highest BCUT2D eigenvalue weighted by Gasteiger charge is 2.19. The summed E-state index contributed by atoms with van der Waals surface area (Å²) in [7, 11) is 0. The summed E-state index contributed by atoms with van der Waals surface area (Å²) in [5.41, 5.74) is 1.16. The zero-order valence-electron chi connectivity index (χ0n) is 14.1. The largest absolute Gasteiger partial charge is 0.451 e. The van der Waals surface area contributed by atoms with Crippen molar-refractivity contribution in [2.45, 2.75) is 6.92 Å². The van der Waals surface area contributed by atoms with Crippen LogP contribution in [0.2, 0.25) is 0 Å². The molecule has 0 aliphatic carbocycles. The molecule has 136 valence electrons. The highest BCUT2D eigenvalue weighted by atomic mass is 32.1. The number of pyridine rings is 1. The van der Waals surface area contributed by atoms with E-state index in [0.29, 0.717) is 5.82 Å². The first-order chi connectivity index (χ1) is 12.9. The highest BCUT2D eigenvalue weighted by Crippen LogP contribution is 2.30. The van der Waals surface area contributed by atoms with E-state index in [1.807, 2.05) is 13.0 Å². The Morgan fingerprint density at radius 1 is 1.22 bits per heavy atom. The predicted molar refractivity (Wildman–Crippen MR) is 103 cm³/mol. The number of nitro benzene ring substituents is 1. The van der Waals surface area contributed by atoms with Crippen LogP contribution >= 0.6 is 12.2 Å². The van der Waals surface area contributed by atoms with Crippen LogP contribution in [0.4, 0.5) is 11.5 Å². The summed E-state index contributed by atoms with van der Waals surface area (Å²) in [6.07, 6.45) is 1.62. The molecule has 2 heterocycles. The first-order valence-corrected chi connectivity index (χ1v) is 8.23. The highest BCUT2D eigenvalue weighted by molar-refractivity contribution is 7.80. The lowest BCUT2D eigenvalue weighted by atomic mass is 10.1. The van der Waals surface area contributed by atoms with E-state index in [4.69, 9.17) is 16.6 Å². The van der Waals surface area contributed by atoms with Crippen molar-refractivity contribution in [1.82, 2.24) is 10.3 Å². The van der Waals surface area contributed by atoms with Crippen molar-refractivity contribution < 1.29 is 14.1 Å². The van der Waals surface area contributed by atoms with Crippen LogP contribution < -0.4 is 10.6 Å². The number of thiocarbonyl (C=S) groups is 1. The van der Waals surface area contributed by atoms with Crippen LogP contribution in [-0.4, -0.2) is 20.9 Å². The van der Waals surface area contributed by atoms with Gasteiger partial charge in [-0.1, -0.05) is 12.1 Å². The number of aryl methyl sites for hydroxylation is 1. The van der Waals surface area contributed by atoms with E-state index in [2.05, 4.69) is 15.6 Å². The van der Waals surface area contributed by atoms with Crippen molar-refractivity contribution >= 4 is 34.7 Å². The van der Waals surface area contributed by atoms with Gasteiger partial charge in [0.05, 0.1) is 10.5 Å². The molecule has 0 saturated heterocycles. The molecular weight excluding hydrogens is 368 g/mol. The number of benzene rings is 1. The number of rotatable bonds is 4. The Kier molecular flexibility index (Phi) is 5.23. The van der Waals surface area contributed by atoms with Crippen molar-refractivity contribution in [3.63, 3.8) is 0 Å². The molecule has 0 spiro atoms. The number of nitro groups is 1. The number of nitrogens with one attached hydrogen (secondary N) is 2. The van der Waals surface area contributed by atoms with Crippen LogP contribution in [0, 0.1) is 17.0 Å². The summed E-state index contributed by atoms with van der Waals surface area (Å²) in [6.45, 7) is 1.90. The van der Waals surface area contributed by atoms with Gasteiger partial charge in [0, 0.05) is 12.3 Å². The number of carbonyl (C=O) groups excluding carboxylic acids is 1. The number of aromatic nitrogens is 1. The van der Waals surface area contributed by atoms with Crippen LogP contribution in [0.25, 0.3) is 11.3 Å². The van der Waals surface area contributed by atoms with E-state index in [1.165, 1.54) is 18.2 Å². The Bertz CT molecular complexity index is 1030. The number of anilines is 1. The molecule has 9 heteroatoms. The molecule has 8 nitrogen and oxygen atoms in total. The van der Waals surface area contributed by atoms with Gasteiger partial charge in [0.25, 0.3) is 11.6 Å². The first-order valence-electron chi connectivity index (χ1n) is 7.82. The minimum atomic E-state index is -0.579. The molecule has 27 heavy (non-hydrogen) atoms. The van der Waals surface area contributed by atoms with Gasteiger partial charge in [-0.05, 0) is 55.0 Å². The van der Waals surface area contributed by atoms with Crippen molar-refractivity contribution in [2.24, 2.45) is 0 Å². The summed E-state index contributed by atoms with van der Waals surface area (Å²) in [4.78, 5) is 27.0. The molecule has 0 unspecified atom stereocenters. The summed E-state index contributed by atoms with van der Waals surface area (Å²) in [5.74, 6) is 0.113. The van der Waals surface area contributed by atoms with Crippen molar-refractivity contribution in [2.75, 3.05) is 5.32 Å². The molecule has 0 aliphatic heterocycles. The van der Waals surface area contributed by atoms with E-state index in [9.17, 15) is 14.9 Å². The maximum Gasteiger partial charge on any atom is 0.293 e. The van der Waals surface area contributed by atoms with Gasteiger partial charge >= 0.3 is 0 Å². The van der Waals surface area contributed by atoms with E-state index < -0.39 is 10.8 Å². The van der Waals surface area contributed by atoms with Gasteiger partial charge < -0.3 is 9.73 Å². The zero-order chi connectivity index (χ0) is 19.4. The number of carbonyl (C=O) groups is 1. The third-order valence-corrected chi connectivity index (χ3v) is 3.78. The van der Waals surface area contributed by atoms with Crippen LogP contribution in [0.15, 0.2) is 59.1 Å². The monoisotopic (exact) mass is 382 g/mol. The average molecular weight is 382 g/mol. The maximum atomic E-state index is 12.3. The topological polar surface area (TPSA) is 110 Å². The van der Waals surface area contributed by atoms with Gasteiger partial charge in [-0.25, -0.2) is 4.98 Å². The minimum Gasteiger partial charge on any atom is -0.451 e. The van der Waals surface area contributed by atoms with E-state index in [0.717, 1.165) is 5.56 Å². The van der Waals surface area contributed by atoms with Crippen molar-refractivity contribution in [1.29, 1.82) is 0 Å². The molecule has 3 rings (SSSR count). The van der Waals surface area contributed by atoms with Gasteiger partial charge in [-0.3, -0.25) is 20.2 Å². The fraction of sp³-hybridized carbons (Fsp3) is 0.0556. The molecule has 0 bridgehead atoms. The molecule has 2 aromatic heterocycles. The molecule has 0 saturated carbocycles. The van der Waals surface area contributed by atoms with Crippen LogP contribution in [0.3, 0.4) is 0 Å². The van der Waals surface area contributed by atoms with Crippen LogP contribution in [0.5, 0.6) is 0 Å². The molecule has 0 aliphatic rings. The molecule has 1 amide bonds. The maximum absolute atomic E-state index is 12.3. The Balaban J connectivity index is 1.72. The summed E-state index contributed by atoms with van der Waals surface area (Å²) >= 11 is 5.10. The van der Waals surface area contributed by atoms with Gasteiger partial charge in [-0.15, -0.1) is 0 Å². The van der Waals surface area contributed by atoms with Gasteiger partial charge in [0.2, 0.25) is 0 Å². The third-order valence-electron chi connectivity index (χ3n) is 3.58. The number of hydrogen-bond donors (Lipinski definition) is 2. The Morgan fingerprint density at radius 2 is 2.00 bits per heavy atom. The fourth-order valence-electron chi connectivity index (χ4n) is 2.36. The number of nitrogens with zero attached hydrogens (tertiary/aromatic N) is 2. The fourth-order valence-corrected chi connectivity index (χ4v) is 2.56. The lowest BCUT2D eigenvalue weighted by Gasteiger charge is -2.08. The number of amides is 1. The molecule has 0 fully saturated rings. The minimum absolute atomic E-state index is 0.0236. The lowest BCUT2D eigenvalue weighted by Crippen LogP contribution is -2.34. The Hall–Kier alpha value is -3.59. The summed E-state index contributed by atoms with van der Waals surface area (Å²) in [5, 5.41) is 16.5. The standard InChI is InChI=1S/C18H14N4O4S/c1-11-8-9-19-16(10-11)20-18(27)21-17(23)15-7-6-14(26-15)12-4-2-3-5-13(12)22(24)25/h2-10H,1H3,(H2,19,20,21,23,27). The SMILES string of the molecule is Cc1ccnc(NC(=S)NC(=O)c2ccc(-c3ccccc3[N+](=O)[O-])o2)c1. The van der Waals surface area contributed by atoms with E-state index in [1.54, 1.807) is 30.5 Å². The second kappa shape index (κ2) is 7.75. The molecule has 3 aromatic rings. The second-order valence-corrected chi connectivity index (χ2v) is 5.97. The Labute approximate surface area is 159 Å². The molecule has 1 aromatic carbocycles. The number of furan rings is 1. The molecule has 0 radical (unpaired) electrons. The van der Waals surface area contributed by atoms with Crippen LogP contribution in [0.1, 0.15) is 16.1 Å². The average Bonchev–Trinajstić information content (AvgIpc) is 3.11. The van der Waals surface area contributed by atoms with Crippen molar-refractivity contribution in [3.05, 3.63) is 76.2 Å².